The van der Waals surface area contributed by atoms with E-state index in [4.69, 9.17) is 0 Å². The van der Waals surface area contributed by atoms with E-state index in [1.807, 2.05) is 0 Å². The summed E-state index contributed by atoms with van der Waals surface area (Å²) in [5.74, 6) is 0.604. The third kappa shape index (κ3) is 4.88. The van der Waals surface area contributed by atoms with Gasteiger partial charge >= 0.3 is 12.2 Å². The molecule has 0 saturated heterocycles. The van der Waals surface area contributed by atoms with E-state index >= 15 is 0 Å². The Morgan fingerprint density at radius 3 is 2.74 bits per heavy atom. The quantitative estimate of drug-likeness (QED) is 0.875. The molecule has 0 heterocycles. The Morgan fingerprint density at radius 1 is 1.35 bits per heavy atom. The molecule has 1 N–H and O–H groups in total. The predicted molar refractivity (Wildman–Crippen MR) is 82.9 cm³/mol. The molecule has 1 aromatic carbocycles. The van der Waals surface area contributed by atoms with E-state index in [-0.39, 0.29) is 18.6 Å². The Kier molecular flexibility index (Phi) is 5.55. The maximum Gasteiger partial charge on any atom is 0.416 e. The minimum absolute atomic E-state index is 0.0926. The number of halogens is 3. The van der Waals surface area contributed by atoms with Crippen molar-refractivity contribution in [3.05, 3.63) is 35.4 Å². The van der Waals surface area contributed by atoms with Crippen molar-refractivity contribution >= 4 is 6.03 Å². The number of amides is 2. The van der Waals surface area contributed by atoms with Crippen LogP contribution >= 0.6 is 0 Å². The van der Waals surface area contributed by atoms with Gasteiger partial charge in [0.2, 0.25) is 0 Å². The molecule has 0 aliphatic heterocycles. The lowest BCUT2D eigenvalue weighted by molar-refractivity contribution is -0.137. The summed E-state index contributed by atoms with van der Waals surface area (Å²) in [7, 11) is 1.75. The molecular formula is C17H23F3N2O. The molecule has 0 bridgehead atoms. The molecule has 2 unspecified atom stereocenters. The maximum absolute atomic E-state index is 12.7. The summed E-state index contributed by atoms with van der Waals surface area (Å²) in [6, 6.07) is 5.01. The van der Waals surface area contributed by atoms with E-state index in [2.05, 4.69) is 12.2 Å². The molecule has 1 aliphatic rings. The van der Waals surface area contributed by atoms with Crippen molar-refractivity contribution in [3.8, 4) is 0 Å². The SMILES string of the molecule is CC1CCCC(N(C)C(=O)NCc2cccc(C(F)(F)F)c2)C1. The van der Waals surface area contributed by atoms with Gasteiger partial charge in [-0.05, 0) is 36.5 Å². The van der Waals surface area contributed by atoms with Crippen LogP contribution in [-0.2, 0) is 12.7 Å². The molecule has 2 rings (SSSR count). The second kappa shape index (κ2) is 7.23. The van der Waals surface area contributed by atoms with Crippen molar-refractivity contribution in [2.24, 2.45) is 5.92 Å². The summed E-state index contributed by atoms with van der Waals surface area (Å²) >= 11 is 0. The van der Waals surface area contributed by atoms with Gasteiger partial charge in [-0.3, -0.25) is 0 Å². The van der Waals surface area contributed by atoms with E-state index < -0.39 is 11.7 Å². The standard InChI is InChI=1S/C17H23F3N2O/c1-12-5-3-8-15(9-12)22(2)16(23)21-11-13-6-4-7-14(10-13)17(18,19)20/h4,6-7,10,12,15H,3,5,8-9,11H2,1-2H3,(H,21,23). The van der Waals surface area contributed by atoms with Crippen LogP contribution in [0, 0.1) is 5.92 Å². The van der Waals surface area contributed by atoms with Crippen LogP contribution in [0.25, 0.3) is 0 Å². The maximum atomic E-state index is 12.7. The van der Waals surface area contributed by atoms with Gasteiger partial charge in [-0.1, -0.05) is 31.9 Å². The molecule has 2 amide bonds. The van der Waals surface area contributed by atoms with Gasteiger partial charge in [-0.25, -0.2) is 4.79 Å². The first-order valence-corrected chi connectivity index (χ1v) is 7.94. The monoisotopic (exact) mass is 328 g/mol. The molecule has 128 valence electrons. The third-order valence-electron chi connectivity index (χ3n) is 4.47. The van der Waals surface area contributed by atoms with Crippen molar-refractivity contribution in [3.63, 3.8) is 0 Å². The molecule has 2 atom stereocenters. The van der Waals surface area contributed by atoms with E-state index in [1.54, 1.807) is 18.0 Å². The summed E-state index contributed by atoms with van der Waals surface area (Å²) in [4.78, 5) is 13.9. The smallest absolute Gasteiger partial charge is 0.334 e. The Hall–Kier alpha value is -1.72. The Balaban J connectivity index is 1.91. The Bertz CT molecular complexity index is 545. The highest BCUT2D eigenvalue weighted by atomic mass is 19.4. The van der Waals surface area contributed by atoms with Gasteiger partial charge in [0, 0.05) is 19.6 Å². The lowest BCUT2D eigenvalue weighted by Crippen LogP contribution is -2.45. The molecule has 1 aromatic rings. The predicted octanol–water partition coefficient (Wildman–Crippen LogP) is 4.43. The Labute approximate surface area is 134 Å². The number of hydrogen-bond donors (Lipinski definition) is 1. The molecule has 6 heteroatoms. The number of rotatable bonds is 3. The number of nitrogens with zero attached hydrogens (tertiary/aromatic N) is 1. The molecule has 1 aliphatic carbocycles. The van der Waals surface area contributed by atoms with Gasteiger partial charge in [-0.2, -0.15) is 13.2 Å². The number of alkyl halides is 3. The van der Waals surface area contributed by atoms with Gasteiger partial charge in [0.25, 0.3) is 0 Å². The van der Waals surface area contributed by atoms with E-state index in [0.717, 1.165) is 31.4 Å². The van der Waals surface area contributed by atoms with Gasteiger partial charge in [0.15, 0.2) is 0 Å². The highest BCUT2D eigenvalue weighted by Gasteiger charge is 2.30. The molecule has 0 aromatic heterocycles. The highest BCUT2D eigenvalue weighted by molar-refractivity contribution is 5.74. The normalized spacial score (nSPS) is 21.8. The fourth-order valence-electron chi connectivity index (χ4n) is 3.08. The topological polar surface area (TPSA) is 32.3 Å². The first kappa shape index (κ1) is 17.6. The van der Waals surface area contributed by atoms with Crippen LogP contribution in [0.15, 0.2) is 24.3 Å². The summed E-state index contributed by atoms with van der Waals surface area (Å²) in [6.45, 7) is 2.27. The first-order chi connectivity index (χ1) is 10.8. The second-order valence-corrected chi connectivity index (χ2v) is 6.39. The number of carbonyl (C=O) groups is 1. The zero-order chi connectivity index (χ0) is 17.0. The third-order valence-corrected chi connectivity index (χ3v) is 4.47. The van der Waals surface area contributed by atoms with Crippen molar-refractivity contribution < 1.29 is 18.0 Å². The summed E-state index contributed by atoms with van der Waals surface area (Å²) in [5.41, 5.74) is -0.253. The number of urea groups is 1. The second-order valence-electron chi connectivity index (χ2n) is 6.39. The number of hydrogen-bond acceptors (Lipinski definition) is 1. The molecule has 3 nitrogen and oxygen atoms in total. The van der Waals surface area contributed by atoms with E-state index in [9.17, 15) is 18.0 Å². The van der Waals surface area contributed by atoms with E-state index in [1.165, 1.54) is 12.5 Å². The summed E-state index contributed by atoms with van der Waals surface area (Å²) < 4.78 is 38.0. The fourth-order valence-corrected chi connectivity index (χ4v) is 3.08. The van der Waals surface area contributed by atoms with Crippen LogP contribution < -0.4 is 5.32 Å². The van der Waals surface area contributed by atoms with Crippen molar-refractivity contribution in [2.45, 2.75) is 51.4 Å². The summed E-state index contributed by atoms with van der Waals surface area (Å²) in [5, 5.41) is 2.71. The van der Waals surface area contributed by atoms with Gasteiger partial charge < -0.3 is 10.2 Å². The van der Waals surface area contributed by atoms with Crippen LogP contribution in [0.5, 0.6) is 0 Å². The minimum atomic E-state index is -4.37. The average Bonchev–Trinajstić information content (AvgIpc) is 2.51. The molecular weight excluding hydrogens is 305 g/mol. The van der Waals surface area contributed by atoms with Crippen LogP contribution in [-0.4, -0.2) is 24.0 Å². The first-order valence-electron chi connectivity index (χ1n) is 7.94. The zero-order valence-corrected chi connectivity index (χ0v) is 13.5. The largest absolute Gasteiger partial charge is 0.416 e. The fraction of sp³-hybridized carbons (Fsp3) is 0.588. The van der Waals surface area contributed by atoms with Crippen LogP contribution in [0.2, 0.25) is 0 Å². The average molecular weight is 328 g/mol. The van der Waals surface area contributed by atoms with Gasteiger partial charge in [0.1, 0.15) is 0 Å². The molecule has 0 radical (unpaired) electrons. The lowest BCUT2D eigenvalue weighted by Gasteiger charge is -2.34. The highest BCUT2D eigenvalue weighted by Crippen LogP contribution is 2.29. The minimum Gasteiger partial charge on any atom is -0.334 e. The van der Waals surface area contributed by atoms with E-state index in [0.29, 0.717) is 11.5 Å². The van der Waals surface area contributed by atoms with Crippen molar-refractivity contribution in [2.75, 3.05) is 7.05 Å². The Morgan fingerprint density at radius 2 is 2.09 bits per heavy atom. The van der Waals surface area contributed by atoms with Gasteiger partial charge in [-0.15, -0.1) is 0 Å². The van der Waals surface area contributed by atoms with Gasteiger partial charge in [0.05, 0.1) is 5.56 Å². The van der Waals surface area contributed by atoms with Crippen molar-refractivity contribution in [1.29, 1.82) is 0 Å². The number of nitrogens with one attached hydrogen (secondary N) is 1. The molecule has 0 spiro atoms. The summed E-state index contributed by atoms with van der Waals surface area (Å²) in [6.07, 6.45) is -0.104. The molecule has 23 heavy (non-hydrogen) atoms. The molecule has 1 fully saturated rings. The van der Waals surface area contributed by atoms with Crippen molar-refractivity contribution in [1.82, 2.24) is 10.2 Å². The number of benzene rings is 1. The van der Waals surface area contributed by atoms with Crippen LogP contribution in [0.3, 0.4) is 0 Å². The zero-order valence-electron chi connectivity index (χ0n) is 13.5. The van der Waals surface area contributed by atoms with Crippen LogP contribution in [0.1, 0.15) is 43.7 Å². The van der Waals surface area contributed by atoms with Crippen LogP contribution in [0.4, 0.5) is 18.0 Å². The number of carbonyl (C=O) groups excluding carboxylic acids is 1. The molecule has 1 saturated carbocycles. The lowest BCUT2D eigenvalue weighted by atomic mass is 9.86.